The smallest absolute Gasteiger partial charge is 0.270 e. The minimum Gasteiger partial charge on any atom is -0.393 e. The Morgan fingerprint density at radius 2 is 2.00 bits per heavy atom. The Morgan fingerprint density at radius 3 is 2.62 bits per heavy atom. The number of rotatable bonds is 5. The fourth-order valence-electron chi connectivity index (χ4n) is 3.75. The van der Waals surface area contributed by atoms with E-state index >= 15 is 0 Å². The molecule has 0 aromatic carbocycles. The van der Waals surface area contributed by atoms with Gasteiger partial charge in [0.2, 0.25) is 0 Å². The summed E-state index contributed by atoms with van der Waals surface area (Å²) in [6.45, 7) is 6.03. The topological polar surface area (TPSA) is 87.1 Å². The zero-order valence-corrected chi connectivity index (χ0v) is 14.5. The maximum Gasteiger partial charge on any atom is 0.270 e. The van der Waals surface area contributed by atoms with Gasteiger partial charge in [-0.3, -0.25) is 4.79 Å². The molecule has 1 aromatic rings. The Hall–Kier alpha value is -1.53. The van der Waals surface area contributed by atoms with Gasteiger partial charge in [0.05, 0.1) is 6.10 Å². The van der Waals surface area contributed by atoms with Gasteiger partial charge in [0.1, 0.15) is 11.5 Å². The molecule has 1 aliphatic carbocycles. The van der Waals surface area contributed by atoms with Crippen LogP contribution in [0.15, 0.2) is 12.3 Å². The number of amides is 1. The van der Waals surface area contributed by atoms with E-state index in [1.165, 1.54) is 0 Å². The van der Waals surface area contributed by atoms with Crippen LogP contribution in [0.4, 0.5) is 0 Å². The van der Waals surface area contributed by atoms with Crippen molar-refractivity contribution in [1.82, 2.24) is 20.6 Å². The molecule has 6 heteroatoms. The first-order valence-electron chi connectivity index (χ1n) is 9.07. The van der Waals surface area contributed by atoms with E-state index in [1.54, 1.807) is 12.3 Å². The number of carbonyl (C=O) groups is 1. The van der Waals surface area contributed by atoms with Crippen LogP contribution in [-0.4, -0.2) is 46.2 Å². The number of hydrogen-bond acceptors (Lipinski definition) is 5. The molecule has 3 N–H and O–H groups in total. The molecule has 0 bridgehead atoms. The first-order chi connectivity index (χ1) is 11.5. The number of hydrogen-bond donors (Lipinski definition) is 3. The van der Waals surface area contributed by atoms with Crippen LogP contribution < -0.4 is 10.6 Å². The third-order valence-electron chi connectivity index (χ3n) is 5.27. The normalized spacial score (nSPS) is 26.0. The second kappa shape index (κ2) is 7.57. The second-order valence-corrected chi connectivity index (χ2v) is 7.43. The number of piperidine rings is 1. The lowest BCUT2D eigenvalue weighted by Gasteiger charge is -2.43. The van der Waals surface area contributed by atoms with E-state index in [0.717, 1.165) is 38.8 Å². The van der Waals surface area contributed by atoms with Crippen LogP contribution in [0.2, 0.25) is 0 Å². The predicted octanol–water partition coefficient (Wildman–Crippen LogP) is 1.47. The minimum atomic E-state index is -0.206. The molecule has 1 amide bonds. The highest BCUT2D eigenvalue weighted by molar-refractivity contribution is 5.92. The van der Waals surface area contributed by atoms with E-state index in [9.17, 15) is 9.90 Å². The average Bonchev–Trinajstić information content (AvgIpc) is 2.58. The van der Waals surface area contributed by atoms with Crippen LogP contribution in [0.3, 0.4) is 0 Å². The van der Waals surface area contributed by atoms with Crippen molar-refractivity contribution in [2.45, 2.75) is 57.6 Å². The molecule has 2 fully saturated rings. The monoisotopic (exact) mass is 332 g/mol. The summed E-state index contributed by atoms with van der Waals surface area (Å²) in [6, 6.07) is 1.80. The molecular weight excluding hydrogens is 304 g/mol. The summed E-state index contributed by atoms with van der Waals surface area (Å²) in [5.41, 5.74) is 0.438. The van der Waals surface area contributed by atoms with Crippen LogP contribution in [0, 0.1) is 11.8 Å². The molecule has 2 aliphatic rings. The van der Waals surface area contributed by atoms with Crippen LogP contribution in [0.25, 0.3) is 0 Å². The Morgan fingerprint density at radius 1 is 1.29 bits per heavy atom. The van der Waals surface area contributed by atoms with Crippen LogP contribution in [-0.2, 0) is 0 Å². The van der Waals surface area contributed by atoms with Crippen molar-refractivity contribution in [3.8, 4) is 0 Å². The Kier molecular flexibility index (Phi) is 5.46. The van der Waals surface area contributed by atoms with Crippen molar-refractivity contribution >= 4 is 5.91 Å². The van der Waals surface area contributed by atoms with Gasteiger partial charge < -0.3 is 15.7 Å². The van der Waals surface area contributed by atoms with Gasteiger partial charge in [-0.25, -0.2) is 9.97 Å². The lowest BCUT2D eigenvalue weighted by Crippen LogP contribution is -2.53. The quantitative estimate of drug-likeness (QED) is 0.760. The maximum atomic E-state index is 12.7. The van der Waals surface area contributed by atoms with Crippen LogP contribution in [0.5, 0.6) is 0 Å². The van der Waals surface area contributed by atoms with Gasteiger partial charge in [0.15, 0.2) is 0 Å². The molecule has 1 saturated heterocycles. The Balaban J connectivity index is 1.71. The van der Waals surface area contributed by atoms with E-state index < -0.39 is 0 Å². The van der Waals surface area contributed by atoms with Crippen LogP contribution in [0.1, 0.15) is 61.8 Å². The number of aliphatic hydroxyl groups excluding tert-OH is 1. The van der Waals surface area contributed by atoms with Crippen molar-refractivity contribution in [3.05, 3.63) is 23.8 Å². The lowest BCUT2D eigenvalue weighted by molar-refractivity contribution is 0.00912. The fraction of sp³-hybridized carbons (Fsp3) is 0.722. The van der Waals surface area contributed by atoms with Crippen molar-refractivity contribution in [1.29, 1.82) is 0 Å². The molecule has 1 unspecified atom stereocenters. The molecule has 1 atom stereocenters. The van der Waals surface area contributed by atoms with E-state index in [1.807, 2.05) is 13.8 Å². The highest BCUT2D eigenvalue weighted by atomic mass is 16.3. The van der Waals surface area contributed by atoms with Gasteiger partial charge in [0, 0.05) is 18.2 Å². The number of carbonyl (C=O) groups excluding carboxylic acids is 1. The summed E-state index contributed by atoms with van der Waals surface area (Å²) < 4.78 is 0. The van der Waals surface area contributed by atoms with Crippen molar-refractivity contribution < 1.29 is 9.90 Å². The minimum absolute atomic E-state index is 0.121. The first-order valence-corrected chi connectivity index (χ1v) is 9.07. The van der Waals surface area contributed by atoms with Gasteiger partial charge in [0.25, 0.3) is 5.91 Å². The van der Waals surface area contributed by atoms with Crippen molar-refractivity contribution in [2.75, 3.05) is 13.1 Å². The van der Waals surface area contributed by atoms with Crippen LogP contribution >= 0.6 is 0 Å². The molecule has 1 aromatic heterocycles. The van der Waals surface area contributed by atoms with E-state index in [4.69, 9.17) is 0 Å². The molecule has 1 saturated carbocycles. The van der Waals surface area contributed by atoms with Gasteiger partial charge in [-0.15, -0.1) is 0 Å². The largest absolute Gasteiger partial charge is 0.393 e. The van der Waals surface area contributed by atoms with E-state index in [2.05, 4.69) is 20.6 Å². The first kappa shape index (κ1) is 17.3. The zero-order valence-electron chi connectivity index (χ0n) is 14.5. The summed E-state index contributed by atoms with van der Waals surface area (Å²) in [5, 5.41) is 16.3. The molecular formula is C18H28N4O2. The molecule has 6 nitrogen and oxygen atoms in total. The SMILES string of the molecule is CC(C)c1nccc(C(=O)NC(C2CCNCC2)C2CC(O)C2)n1. The average molecular weight is 332 g/mol. The highest BCUT2D eigenvalue weighted by Gasteiger charge is 2.39. The highest BCUT2D eigenvalue weighted by Crippen LogP contribution is 2.35. The van der Waals surface area contributed by atoms with Crippen molar-refractivity contribution in [2.24, 2.45) is 11.8 Å². The third-order valence-corrected chi connectivity index (χ3v) is 5.27. The molecule has 0 spiro atoms. The summed E-state index contributed by atoms with van der Waals surface area (Å²) in [5.74, 6) is 1.61. The number of nitrogens with zero attached hydrogens (tertiary/aromatic N) is 2. The lowest BCUT2D eigenvalue weighted by atomic mass is 9.71. The molecule has 1 aliphatic heterocycles. The van der Waals surface area contributed by atoms with Crippen molar-refractivity contribution in [3.63, 3.8) is 0 Å². The molecule has 24 heavy (non-hydrogen) atoms. The third kappa shape index (κ3) is 3.92. The Bertz CT molecular complexity index is 566. The fourth-order valence-corrected chi connectivity index (χ4v) is 3.75. The second-order valence-electron chi connectivity index (χ2n) is 7.43. The summed E-state index contributed by atoms with van der Waals surface area (Å²) in [6.07, 6.45) is 5.16. The summed E-state index contributed by atoms with van der Waals surface area (Å²) >= 11 is 0. The molecule has 132 valence electrons. The van der Waals surface area contributed by atoms with Gasteiger partial charge in [-0.1, -0.05) is 13.8 Å². The van der Waals surface area contributed by atoms with Gasteiger partial charge >= 0.3 is 0 Å². The standard InChI is InChI=1S/C18H28N4O2/c1-11(2)17-20-8-5-15(21-17)18(24)22-16(13-9-14(23)10-13)12-3-6-19-7-4-12/h5,8,11-14,16,19,23H,3-4,6-7,9-10H2,1-2H3,(H,22,24). The van der Waals surface area contributed by atoms with E-state index in [0.29, 0.717) is 23.4 Å². The number of nitrogens with one attached hydrogen (secondary N) is 2. The maximum absolute atomic E-state index is 12.7. The van der Waals surface area contributed by atoms with E-state index in [-0.39, 0.29) is 24.0 Å². The zero-order chi connectivity index (χ0) is 17.1. The number of aromatic nitrogens is 2. The predicted molar refractivity (Wildman–Crippen MR) is 91.7 cm³/mol. The van der Waals surface area contributed by atoms with Gasteiger partial charge in [-0.2, -0.15) is 0 Å². The summed E-state index contributed by atoms with van der Waals surface area (Å²) in [7, 11) is 0. The molecule has 3 rings (SSSR count). The number of aliphatic hydroxyl groups is 1. The molecule has 2 heterocycles. The van der Waals surface area contributed by atoms with Gasteiger partial charge in [-0.05, 0) is 56.7 Å². The molecule has 0 radical (unpaired) electrons. The Labute approximate surface area is 143 Å². The summed E-state index contributed by atoms with van der Waals surface area (Å²) in [4.78, 5) is 21.4.